The number of nitrogens with two attached hydrogens (primary N) is 1. The minimum atomic E-state index is 0. The van der Waals surface area contributed by atoms with E-state index in [0.29, 0.717) is 35.0 Å². The van der Waals surface area contributed by atoms with Crippen LogP contribution in [0, 0.1) is 0 Å². The third kappa shape index (κ3) is 4.56. The third-order valence-electron chi connectivity index (χ3n) is 5.51. The van der Waals surface area contributed by atoms with Crippen molar-refractivity contribution in [1.29, 1.82) is 0 Å². The quantitative estimate of drug-likeness (QED) is 0.295. The molecule has 0 aliphatic carbocycles. The van der Waals surface area contributed by atoms with Crippen LogP contribution < -0.4 is 5.73 Å². The van der Waals surface area contributed by atoms with Gasteiger partial charge >= 0.3 is 0 Å². The predicted molar refractivity (Wildman–Crippen MR) is 116 cm³/mol. The van der Waals surface area contributed by atoms with Crippen LogP contribution in [-0.4, -0.2) is 19.9 Å². The first-order valence-electron chi connectivity index (χ1n) is 9.98. The van der Waals surface area contributed by atoms with E-state index in [-0.39, 0.29) is 26.3 Å². The van der Waals surface area contributed by atoms with Crippen LogP contribution in [0.1, 0.15) is 48.3 Å². The zero-order valence-electron chi connectivity index (χ0n) is 17.1. The van der Waals surface area contributed by atoms with Gasteiger partial charge in [0, 0.05) is 32.5 Å². The maximum Gasteiger partial charge on any atom is 0.152 e. The van der Waals surface area contributed by atoms with Gasteiger partial charge in [0.15, 0.2) is 5.82 Å². The average molecular weight is 493 g/mol. The Hall–Kier alpha value is -2.68. The van der Waals surface area contributed by atoms with Gasteiger partial charge in [-0.2, -0.15) is 4.73 Å². The van der Waals surface area contributed by atoms with E-state index >= 15 is 0 Å². The number of fused-ring (bicyclic) bond motifs is 1. The number of hydrogen-bond acceptors (Lipinski definition) is 4. The molecule has 4 aromatic rings. The molecule has 0 aliphatic rings. The van der Waals surface area contributed by atoms with Crippen molar-refractivity contribution in [2.75, 3.05) is 5.73 Å². The molecule has 2 heterocycles. The van der Waals surface area contributed by atoms with E-state index in [9.17, 15) is 5.21 Å². The topological polar surface area (TPSA) is 77.0 Å². The summed E-state index contributed by atoms with van der Waals surface area (Å²) in [6.45, 7) is 4.30. The number of nitrogen functional groups attached to an aromatic ring is 1. The summed E-state index contributed by atoms with van der Waals surface area (Å²) in [6.07, 6.45) is 1.36. The van der Waals surface area contributed by atoms with Crippen LogP contribution in [0.3, 0.4) is 0 Å². The first kappa shape index (κ1) is 22.0. The van der Waals surface area contributed by atoms with E-state index in [1.165, 1.54) is 15.9 Å². The minimum Gasteiger partial charge on any atom is -0.427 e. The molecule has 4 rings (SSSR count). The predicted octanol–water partition coefficient (Wildman–Crippen LogP) is 4.94. The van der Waals surface area contributed by atoms with E-state index in [4.69, 9.17) is 5.73 Å². The van der Waals surface area contributed by atoms with Crippen molar-refractivity contribution in [3.05, 3.63) is 89.4 Å². The van der Waals surface area contributed by atoms with Gasteiger partial charge in [0.2, 0.25) is 0 Å². The summed E-state index contributed by atoms with van der Waals surface area (Å²) in [5.41, 5.74) is 10.7. The van der Waals surface area contributed by atoms with Gasteiger partial charge in [0.1, 0.15) is 16.9 Å². The van der Waals surface area contributed by atoms with Gasteiger partial charge in [-0.3, -0.25) is 0 Å². The van der Waals surface area contributed by atoms with Crippen molar-refractivity contribution in [2.45, 2.75) is 38.5 Å². The molecular formula is C24H26N4OPd. The zero-order valence-corrected chi connectivity index (χ0v) is 18.7. The minimum absolute atomic E-state index is 0. The molecule has 0 amide bonds. The number of benzene rings is 2. The van der Waals surface area contributed by atoms with Crippen molar-refractivity contribution < 1.29 is 25.6 Å². The van der Waals surface area contributed by atoms with E-state index < -0.39 is 0 Å². The van der Waals surface area contributed by atoms with Crippen LogP contribution in [0.25, 0.3) is 11.0 Å². The first-order chi connectivity index (χ1) is 14.0. The molecule has 0 spiro atoms. The van der Waals surface area contributed by atoms with Crippen molar-refractivity contribution in [3.8, 4) is 0 Å². The molecule has 0 saturated carbocycles. The van der Waals surface area contributed by atoms with Gasteiger partial charge in [-0.1, -0.05) is 74.5 Å². The summed E-state index contributed by atoms with van der Waals surface area (Å²) in [7, 11) is 0. The molecule has 0 saturated heterocycles. The Bertz CT molecular complexity index is 1110. The Balaban J connectivity index is 0.00000256. The Labute approximate surface area is 190 Å². The van der Waals surface area contributed by atoms with Crippen molar-refractivity contribution in [1.82, 2.24) is 14.7 Å². The Kier molecular flexibility index (Phi) is 6.92. The molecular weight excluding hydrogens is 467 g/mol. The van der Waals surface area contributed by atoms with Crippen LogP contribution >= 0.6 is 0 Å². The maximum atomic E-state index is 10.8. The van der Waals surface area contributed by atoms with Gasteiger partial charge in [-0.15, -0.1) is 0 Å². The number of anilines is 1. The fourth-order valence-electron chi connectivity index (χ4n) is 3.81. The Morgan fingerprint density at radius 2 is 1.40 bits per heavy atom. The summed E-state index contributed by atoms with van der Waals surface area (Å²) < 4.78 is 1.17. The number of nitrogens with zero attached hydrogens (tertiary/aromatic N) is 3. The zero-order chi connectivity index (χ0) is 20.4. The normalized spacial score (nSPS) is 13.0. The molecule has 3 N–H and O–H groups in total. The molecule has 2 aromatic carbocycles. The summed E-state index contributed by atoms with van der Waals surface area (Å²) in [5, 5.41) is 10.8. The molecule has 30 heavy (non-hydrogen) atoms. The maximum absolute atomic E-state index is 10.8. The van der Waals surface area contributed by atoms with Gasteiger partial charge in [-0.05, 0) is 35.4 Å². The van der Waals surface area contributed by atoms with Crippen LogP contribution in [0.2, 0.25) is 0 Å². The van der Waals surface area contributed by atoms with Gasteiger partial charge in [-0.25, -0.2) is 9.97 Å². The van der Waals surface area contributed by atoms with Crippen LogP contribution in [0.15, 0.2) is 66.7 Å². The third-order valence-corrected chi connectivity index (χ3v) is 5.51. The first-order valence-corrected chi connectivity index (χ1v) is 9.98. The van der Waals surface area contributed by atoms with E-state index in [1.54, 1.807) is 0 Å². The number of aromatic nitrogens is 3. The molecule has 2 aromatic heterocycles. The SMILES string of the molecule is CC(Cc1cc2c(nc(CC(C)c3ccccc3)n2O)c(N)n1)c1ccccc1.[Pd]. The van der Waals surface area contributed by atoms with Crippen molar-refractivity contribution in [3.63, 3.8) is 0 Å². The monoisotopic (exact) mass is 492 g/mol. The van der Waals surface area contributed by atoms with Crippen molar-refractivity contribution in [2.24, 2.45) is 0 Å². The molecule has 0 fully saturated rings. The van der Waals surface area contributed by atoms with Crippen LogP contribution in [-0.2, 0) is 33.3 Å². The molecule has 158 valence electrons. The Morgan fingerprint density at radius 1 is 0.867 bits per heavy atom. The average Bonchev–Trinajstić information content (AvgIpc) is 3.05. The largest absolute Gasteiger partial charge is 0.427 e. The van der Waals surface area contributed by atoms with Gasteiger partial charge in [0.05, 0.1) is 0 Å². The Morgan fingerprint density at radius 3 is 1.97 bits per heavy atom. The molecule has 5 nitrogen and oxygen atoms in total. The molecule has 6 heteroatoms. The van der Waals surface area contributed by atoms with Gasteiger partial charge in [0.25, 0.3) is 0 Å². The fourth-order valence-corrected chi connectivity index (χ4v) is 3.81. The van der Waals surface area contributed by atoms with Gasteiger partial charge < -0.3 is 10.9 Å². The van der Waals surface area contributed by atoms with E-state index in [2.05, 4.69) is 48.1 Å². The molecule has 0 aliphatic heterocycles. The number of rotatable bonds is 6. The number of hydrogen-bond donors (Lipinski definition) is 2. The number of pyridine rings is 1. The molecule has 0 bridgehead atoms. The van der Waals surface area contributed by atoms with E-state index in [0.717, 1.165) is 12.1 Å². The second-order valence-corrected chi connectivity index (χ2v) is 7.74. The fraction of sp³-hybridized carbons (Fsp3) is 0.250. The van der Waals surface area contributed by atoms with Crippen LogP contribution in [0.4, 0.5) is 5.82 Å². The summed E-state index contributed by atoms with van der Waals surface area (Å²) in [4.78, 5) is 9.13. The van der Waals surface area contributed by atoms with E-state index in [1.807, 2.05) is 42.5 Å². The summed E-state index contributed by atoms with van der Waals surface area (Å²) >= 11 is 0. The van der Waals surface area contributed by atoms with Crippen molar-refractivity contribution >= 4 is 16.9 Å². The smallest absolute Gasteiger partial charge is 0.152 e. The summed E-state index contributed by atoms with van der Waals surface area (Å²) in [6, 6.07) is 22.5. The molecule has 0 radical (unpaired) electrons. The summed E-state index contributed by atoms with van der Waals surface area (Å²) in [5.74, 6) is 1.48. The van der Waals surface area contributed by atoms with Crippen LogP contribution in [0.5, 0.6) is 0 Å². The number of imidazole rings is 1. The second kappa shape index (κ2) is 9.42. The second-order valence-electron chi connectivity index (χ2n) is 7.74. The molecule has 2 unspecified atom stereocenters. The molecule has 2 atom stereocenters. The standard InChI is InChI=1S/C24H26N4O.Pd/c1-16(18-9-5-3-6-10-18)13-20-15-21-23(24(25)26-20)27-22(28(21)29)14-17(2)19-11-7-4-8-12-19;/h3-12,15-17,29H,13-14H2,1-2H3,(H2,25,26);.